The Morgan fingerprint density at radius 3 is 2.68 bits per heavy atom. The SMILES string of the molecule is Cc1ccc(Cl)cc1NC(=O)CN1Cc2ccccc2C[C@H]1C(N)=O. The highest BCUT2D eigenvalue weighted by molar-refractivity contribution is 6.31. The van der Waals surface area contributed by atoms with E-state index >= 15 is 0 Å². The first-order chi connectivity index (χ1) is 11.9. The quantitative estimate of drug-likeness (QED) is 0.882. The molecule has 130 valence electrons. The third-order valence-electron chi connectivity index (χ3n) is 4.49. The molecule has 2 aromatic rings. The Bertz CT molecular complexity index is 822. The van der Waals surface area contributed by atoms with Gasteiger partial charge in [-0.3, -0.25) is 14.5 Å². The molecule has 0 radical (unpaired) electrons. The summed E-state index contributed by atoms with van der Waals surface area (Å²) in [4.78, 5) is 26.1. The maximum absolute atomic E-state index is 12.5. The summed E-state index contributed by atoms with van der Waals surface area (Å²) < 4.78 is 0. The number of carbonyl (C=O) groups excluding carboxylic acids is 2. The van der Waals surface area contributed by atoms with Crippen LogP contribution in [0.3, 0.4) is 0 Å². The Morgan fingerprint density at radius 2 is 1.96 bits per heavy atom. The number of nitrogens with zero attached hydrogens (tertiary/aromatic N) is 1. The van der Waals surface area contributed by atoms with Gasteiger partial charge in [-0.2, -0.15) is 0 Å². The third kappa shape index (κ3) is 4.00. The molecule has 0 unspecified atom stereocenters. The first-order valence-corrected chi connectivity index (χ1v) is 8.48. The molecule has 1 aliphatic rings. The summed E-state index contributed by atoms with van der Waals surface area (Å²) in [5, 5.41) is 3.42. The number of carbonyl (C=O) groups is 2. The number of anilines is 1. The largest absolute Gasteiger partial charge is 0.368 e. The summed E-state index contributed by atoms with van der Waals surface area (Å²) in [6, 6.07) is 12.8. The molecule has 1 atom stereocenters. The van der Waals surface area contributed by atoms with E-state index in [9.17, 15) is 9.59 Å². The molecule has 3 rings (SSSR count). The number of halogens is 1. The second-order valence-corrected chi connectivity index (χ2v) is 6.74. The van der Waals surface area contributed by atoms with Crippen molar-refractivity contribution in [1.29, 1.82) is 0 Å². The number of rotatable bonds is 4. The zero-order valence-corrected chi connectivity index (χ0v) is 14.7. The lowest BCUT2D eigenvalue weighted by atomic mass is 9.93. The van der Waals surface area contributed by atoms with E-state index in [-0.39, 0.29) is 12.5 Å². The highest BCUT2D eigenvalue weighted by atomic mass is 35.5. The van der Waals surface area contributed by atoms with Gasteiger partial charge in [0.25, 0.3) is 0 Å². The molecule has 3 N–H and O–H groups in total. The van der Waals surface area contributed by atoms with Crippen LogP contribution in [0.4, 0.5) is 5.69 Å². The van der Waals surface area contributed by atoms with E-state index in [1.807, 2.05) is 42.2 Å². The lowest BCUT2D eigenvalue weighted by molar-refractivity contribution is -0.125. The van der Waals surface area contributed by atoms with Crippen LogP contribution in [0, 0.1) is 6.92 Å². The van der Waals surface area contributed by atoms with Gasteiger partial charge >= 0.3 is 0 Å². The van der Waals surface area contributed by atoms with Crippen molar-refractivity contribution in [2.24, 2.45) is 5.73 Å². The molecule has 5 nitrogen and oxygen atoms in total. The highest BCUT2D eigenvalue weighted by Crippen LogP contribution is 2.24. The van der Waals surface area contributed by atoms with Crippen molar-refractivity contribution in [3.63, 3.8) is 0 Å². The van der Waals surface area contributed by atoms with Crippen molar-refractivity contribution in [3.05, 3.63) is 64.2 Å². The van der Waals surface area contributed by atoms with Crippen LogP contribution in [0.15, 0.2) is 42.5 Å². The fraction of sp³-hybridized carbons (Fsp3) is 0.263. The monoisotopic (exact) mass is 357 g/mol. The van der Waals surface area contributed by atoms with Crippen molar-refractivity contribution < 1.29 is 9.59 Å². The zero-order chi connectivity index (χ0) is 18.0. The summed E-state index contributed by atoms with van der Waals surface area (Å²) in [6.07, 6.45) is 0.523. The minimum Gasteiger partial charge on any atom is -0.368 e. The Hall–Kier alpha value is -2.37. The van der Waals surface area contributed by atoms with Crippen LogP contribution in [-0.2, 0) is 22.6 Å². The van der Waals surface area contributed by atoms with Crippen LogP contribution in [0.5, 0.6) is 0 Å². The van der Waals surface area contributed by atoms with Crippen LogP contribution in [0.25, 0.3) is 0 Å². The minimum absolute atomic E-state index is 0.0912. The molecular formula is C19H20ClN3O2. The number of nitrogens with two attached hydrogens (primary N) is 1. The molecule has 0 saturated heterocycles. The summed E-state index contributed by atoms with van der Waals surface area (Å²) in [5.41, 5.74) is 9.38. The fourth-order valence-electron chi connectivity index (χ4n) is 3.13. The summed E-state index contributed by atoms with van der Waals surface area (Å²) >= 11 is 5.99. The molecule has 2 aromatic carbocycles. The van der Waals surface area contributed by atoms with Crippen molar-refractivity contribution in [1.82, 2.24) is 4.90 Å². The second-order valence-electron chi connectivity index (χ2n) is 6.30. The number of hydrogen-bond donors (Lipinski definition) is 2. The Balaban J connectivity index is 1.75. The Labute approximate surface area is 151 Å². The van der Waals surface area contributed by atoms with Crippen molar-refractivity contribution in [2.75, 3.05) is 11.9 Å². The molecule has 0 bridgehead atoms. The first-order valence-electron chi connectivity index (χ1n) is 8.10. The van der Waals surface area contributed by atoms with Crippen molar-refractivity contribution in [2.45, 2.75) is 25.9 Å². The van der Waals surface area contributed by atoms with Crippen molar-refractivity contribution in [3.8, 4) is 0 Å². The molecule has 2 amide bonds. The fourth-order valence-corrected chi connectivity index (χ4v) is 3.30. The second kappa shape index (κ2) is 7.25. The molecule has 0 aliphatic carbocycles. The first kappa shape index (κ1) is 17.5. The van der Waals surface area contributed by atoms with Crippen LogP contribution < -0.4 is 11.1 Å². The maximum atomic E-state index is 12.5. The summed E-state index contributed by atoms with van der Waals surface area (Å²) in [6.45, 7) is 2.51. The van der Waals surface area contributed by atoms with E-state index in [2.05, 4.69) is 5.32 Å². The van der Waals surface area contributed by atoms with Gasteiger partial charge in [-0.1, -0.05) is 41.9 Å². The predicted molar refractivity (Wildman–Crippen MR) is 98.4 cm³/mol. The van der Waals surface area contributed by atoms with Gasteiger partial charge in [0, 0.05) is 17.3 Å². The molecular weight excluding hydrogens is 338 g/mol. The number of amides is 2. The van der Waals surface area contributed by atoms with Gasteiger partial charge < -0.3 is 11.1 Å². The topological polar surface area (TPSA) is 75.4 Å². The van der Waals surface area contributed by atoms with Gasteiger partial charge in [0.1, 0.15) is 0 Å². The molecule has 0 aromatic heterocycles. The number of benzene rings is 2. The van der Waals surface area contributed by atoms with Gasteiger partial charge in [0.15, 0.2) is 0 Å². The van der Waals surface area contributed by atoms with E-state index in [1.54, 1.807) is 12.1 Å². The molecule has 6 heteroatoms. The van der Waals surface area contributed by atoms with Crippen LogP contribution in [-0.4, -0.2) is 29.3 Å². The number of hydrogen-bond acceptors (Lipinski definition) is 3. The number of nitrogens with one attached hydrogen (secondary N) is 1. The van der Waals surface area contributed by atoms with Gasteiger partial charge in [-0.25, -0.2) is 0 Å². The van der Waals surface area contributed by atoms with E-state index in [0.29, 0.717) is 23.7 Å². The highest BCUT2D eigenvalue weighted by Gasteiger charge is 2.31. The van der Waals surface area contributed by atoms with Gasteiger partial charge in [-0.05, 0) is 42.2 Å². The molecule has 1 heterocycles. The van der Waals surface area contributed by atoms with Crippen LogP contribution in [0.1, 0.15) is 16.7 Å². The van der Waals surface area contributed by atoms with E-state index in [0.717, 1.165) is 16.7 Å². The number of aryl methyl sites for hydroxylation is 1. The number of primary amides is 1. The third-order valence-corrected chi connectivity index (χ3v) is 4.73. The van der Waals surface area contributed by atoms with Crippen LogP contribution in [0.2, 0.25) is 5.02 Å². The standard InChI is InChI=1S/C19H20ClN3O2/c1-12-6-7-15(20)9-16(12)22-18(24)11-23-10-14-5-3-2-4-13(14)8-17(23)19(21)25/h2-7,9,17H,8,10-11H2,1H3,(H2,21,25)(H,22,24)/t17-/m0/s1. The van der Waals surface area contributed by atoms with Crippen molar-refractivity contribution >= 4 is 29.1 Å². The van der Waals surface area contributed by atoms with Gasteiger partial charge in [-0.15, -0.1) is 0 Å². The molecule has 25 heavy (non-hydrogen) atoms. The summed E-state index contributed by atoms with van der Waals surface area (Å²) in [5.74, 6) is -0.614. The average molecular weight is 358 g/mol. The average Bonchev–Trinajstić information content (AvgIpc) is 2.57. The Morgan fingerprint density at radius 1 is 1.24 bits per heavy atom. The van der Waals surface area contributed by atoms with E-state index in [1.165, 1.54) is 0 Å². The lowest BCUT2D eigenvalue weighted by Gasteiger charge is -2.34. The van der Waals surface area contributed by atoms with E-state index in [4.69, 9.17) is 17.3 Å². The minimum atomic E-state index is -0.485. The normalized spacial score (nSPS) is 17.0. The molecule has 0 spiro atoms. The van der Waals surface area contributed by atoms with Gasteiger partial charge in [0.05, 0.1) is 12.6 Å². The predicted octanol–water partition coefficient (Wildman–Crippen LogP) is 2.50. The van der Waals surface area contributed by atoms with Crippen LogP contribution >= 0.6 is 11.6 Å². The van der Waals surface area contributed by atoms with E-state index < -0.39 is 11.9 Å². The Kier molecular flexibility index (Phi) is 5.06. The lowest BCUT2D eigenvalue weighted by Crippen LogP contribution is -2.50. The maximum Gasteiger partial charge on any atom is 0.238 e. The van der Waals surface area contributed by atoms with Gasteiger partial charge in [0.2, 0.25) is 11.8 Å². The molecule has 0 saturated carbocycles. The molecule has 1 aliphatic heterocycles. The summed E-state index contributed by atoms with van der Waals surface area (Å²) in [7, 11) is 0. The smallest absolute Gasteiger partial charge is 0.238 e. The molecule has 0 fully saturated rings. The number of fused-ring (bicyclic) bond motifs is 1. The zero-order valence-electron chi connectivity index (χ0n) is 14.0.